The minimum Gasteiger partial charge on any atom is -0.490 e. The molecule has 1 aliphatic rings. The highest BCUT2D eigenvalue weighted by atomic mass is 35.5. The topological polar surface area (TPSA) is 38.7 Å². The molecule has 0 saturated heterocycles. The maximum absolute atomic E-state index is 14.5. The fraction of sp³-hybridized carbons (Fsp3) is 0.333. The third-order valence-electron chi connectivity index (χ3n) is 3.89. The van der Waals surface area contributed by atoms with E-state index < -0.39 is 11.6 Å². The Morgan fingerprint density at radius 3 is 2.60 bits per heavy atom. The minimum absolute atomic E-state index is 0.0372. The molecular formula is C18H17ClF2O3S. The molecule has 1 unspecified atom stereocenters. The van der Waals surface area contributed by atoms with E-state index in [4.69, 9.17) is 26.2 Å². The maximum atomic E-state index is 14.5. The molecule has 2 atom stereocenters. The Hall–Kier alpha value is -1.34. The van der Waals surface area contributed by atoms with E-state index in [9.17, 15) is 8.78 Å². The molecule has 2 aromatic carbocycles. The third-order valence-corrected chi connectivity index (χ3v) is 5.56. The van der Waals surface area contributed by atoms with Crippen LogP contribution in [0.4, 0.5) is 8.78 Å². The number of aliphatic hydroxyl groups is 1. The van der Waals surface area contributed by atoms with Gasteiger partial charge in [-0.25, -0.2) is 8.78 Å². The van der Waals surface area contributed by atoms with Gasteiger partial charge in [-0.3, -0.25) is 0 Å². The van der Waals surface area contributed by atoms with Crippen LogP contribution in [-0.4, -0.2) is 31.5 Å². The SMILES string of the molecule is OCCOCC1COc2c(F)ccc(F)c2[C@H]1Sc1ccc(Cl)cc1. The van der Waals surface area contributed by atoms with Gasteiger partial charge >= 0.3 is 0 Å². The van der Waals surface area contributed by atoms with Crippen molar-refractivity contribution in [3.63, 3.8) is 0 Å². The fourth-order valence-electron chi connectivity index (χ4n) is 2.72. The molecule has 0 amide bonds. The molecule has 0 bridgehead atoms. The zero-order valence-corrected chi connectivity index (χ0v) is 14.8. The van der Waals surface area contributed by atoms with Gasteiger partial charge in [0.2, 0.25) is 0 Å². The maximum Gasteiger partial charge on any atom is 0.165 e. The molecule has 3 rings (SSSR count). The number of hydrogen-bond acceptors (Lipinski definition) is 4. The first-order chi connectivity index (χ1) is 12.1. The van der Waals surface area contributed by atoms with Gasteiger partial charge in [0.25, 0.3) is 0 Å². The smallest absolute Gasteiger partial charge is 0.165 e. The summed E-state index contributed by atoms with van der Waals surface area (Å²) in [6.07, 6.45) is 0. The van der Waals surface area contributed by atoms with E-state index in [0.717, 1.165) is 17.0 Å². The fourth-order valence-corrected chi connectivity index (χ4v) is 4.12. The zero-order valence-electron chi connectivity index (χ0n) is 13.3. The molecule has 0 saturated carbocycles. The summed E-state index contributed by atoms with van der Waals surface area (Å²) < 4.78 is 39.4. The Labute approximate surface area is 153 Å². The summed E-state index contributed by atoms with van der Waals surface area (Å²) in [4.78, 5) is 0.887. The van der Waals surface area contributed by atoms with Crippen LogP contribution in [0.15, 0.2) is 41.3 Å². The van der Waals surface area contributed by atoms with Crippen LogP contribution in [0.1, 0.15) is 10.8 Å². The Kier molecular flexibility index (Phi) is 6.17. The molecule has 1 aliphatic heterocycles. The average Bonchev–Trinajstić information content (AvgIpc) is 2.61. The van der Waals surface area contributed by atoms with Crippen molar-refractivity contribution in [2.75, 3.05) is 26.4 Å². The number of aliphatic hydroxyl groups excluding tert-OH is 1. The van der Waals surface area contributed by atoms with Crippen LogP contribution < -0.4 is 4.74 Å². The van der Waals surface area contributed by atoms with Gasteiger partial charge in [0, 0.05) is 26.6 Å². The first-order valence-electron chi connectivity index (χ1n) is 7.81. The lowest BCUT2D eigenvalue weighted by Gasteiger charge is -2.33. The molecule has 0 fully saturated rings. The van der Waals surface area contributed by atoms with Crippen molar-refractivity contribution in [1.29, 1.82) is 0 Å². The van der Waals surface area contributed by atoms with E-state index in [-0.39, 0.29) is 48.9 Å². The van der Waals surface area contributed by atoms with Crippen molar-refractivity contribution in [3.8, 4) is 5.75 Å². The Morgan fingerprint density at radius 2 is 1.88 bits per heavy atom. The predicted octanol–water partition coefficient (Wildman–Crippen LogP) is 4.47. The monoisotopic (exact) mass is 386 g/mol. The molecule has 0 aromatic heterocycles. The van der Waals surface area contributed by atoms with Crippen LogP contribution in [0, 0.1) is 17.6 Å². The van der Waals surface area contributed by atoms with Crippen LogP contribution in [0.2, 0.25) is 5.02 Å². The van der Waals surface area contributed by atoms with Crippen molar-refractivity contribution in [2.45, 2.75) is 10.1 Å². The number of halogens is 3. The summed E-state index contributed by atoms with van der Waals surface area (Å²) in [6, 6.07) is 9.37. The highest BCUT2D eigenvalue weighted by molar-refractivity contribution is 7.99. The predicted molar refractivity (Wildman–Crippen MR) is 93.3 cm³/mol. The van der Waals surface area contributed by atoms with Gasteiger partial charge < -0.3 is 14.6 Å². The molecule has 25 heavy (non-hydrogen) atoms. The zero-order chi connectivity index (χ0) is 17.8. The second-order valence-corrected chi connectivity index (χ2v) is 7.29. The summed E-state index contributed by atoms with van der Waals surface area (Å²) >= 11 is 7.33. The van der Waals surface area contributed by atoms with Crippen molar-refractivity contribution in [1.82, 2.24) is 0 Å². The Balaban J connectivity index is 1.92. The number of fused-ring (bicyclic) bond motifs is 1. The molecule has 0 spiro atoms. The number of rotatable bonds is 6. The van der Waals surface area contributed by atoms with Crippen LogP contribution in [-0.2, 0) is 4.74 Å². The van der Waals surface area contributed by atoms with Gasteiger partial charge in [0.05, 0.1) is 26.4 Å². The number of ether oxygens (including phenoxy) is 2. The number of benzene rings is 2. The van der Waals surface area contributed by atoms with Crippen molar-refractivity contribution in [2.24, 2.45) is 5.92 Å². The van der Waals surface area contributed by atoms with Crippen LogP contribution in [0.5, 0.6) is 5.75 Å². The van der Waals surface area contributed by atoms with E-state index in [1.54, 1.807) is 12.1 Å². The minimum atomic E-state index is -0.576. The van der Waals surface area contributed by atoms with E-state index >= 15 is 0 Å². The lowest BCUT2D eigenvalue weighted by atomic mass is 9.96. The Bertz CT molecular complexity index is 727. The van der Waals surface area contributed by atoms with E-state index in [0.29, 0.717) is 5.02 Å². The van der Waals surface area contributed by atoms with Gasteiger partial charge in [-0.2, -0.15) is 0 Å². The van der Waals surface area contributed by atoms with Gasteiger partial charge in [0.15, 0.2) is 11.6 Å². The molecular weight excluding hydrogens is 370 g/mol. The van der Waals surface area contributed by atoms with Gasteiger partial charge in [0.1, 0.15) is 5.82 Å². The second kappa shape index (κ2) is 8.36. The Morgan fingerprint density at radius 1 is 1.16 bits per heavy atom. The third kappa shape index (κ3) is 4.26. The molecule has 0 radical (unpaired) electrons. The normalized spacial score (nSPS) is 19.4. The van der Waals surface area contributed by atoms with Gasteiger partial charge in [-0.15, -0.1) is 11.8 Å². The van der Waals surface area contributed by atoms with Crippen LogP contribution in [0.25, 0.3) is 0 Å². The van der Waals surface area contributed by atoms with Crippen molar-refractivity contribution < 1.29 is 23.4 Å². The van der Waals surface area contributed by atoms with Crippen LogP contribution >= 0.6 is 23.4 Å². The molecule has 3 nitrogen and oxygen atoms in total. The number of thioether (sulfide) groups is 1. The van der Waals surface area contributed by atoms with E-state index in [1.807, 2.05) is 12.1 Å². The highest BCUT2D eigenvalue weighted by Gasteiger charge is 2.36. The number of hydrogen-bond donors (Lipinski definition) is 1. The molecule has 134 valence electrons. The summed E-state index contributed by atoms with van der Waals surface area (Å²) in [5.41, 5.74) is 0.212. The lowest BCUT2D eigenvalue weighted by molar-refractivity contribution is 0.0464. The molecule has 2 aromatic rings. The van der Waals surface area contributed by atoms with Crippen LogP contribution in [0.3, 0.4) is 0 Å². The lowest BCUT2D eigenvalue weighted by Crippen LogP contribution is -2.30. The van der Waals surface area contributed by atoms with E-state index in [2.05, 4.69) is 0 Å². The molecule has 0 aliphatic carbocycles. The first kappa shape index (κ1) is 18.5. The standard InChI is InChI=1S/C18H17ClF2O3S/c19-12-1-3-13(4-2-12)25-18-11(9-23-8-7-22)10-24-17-15(21)6-5-14(20)16(17)18/h1-6,11,18,22H,7-10H2/t11?,18-/m0/s1. The summed E-state index contributed by atoms with van der Waals surface area (Å²) in [5.74, 6) is -1.30. The summed E-state index contributed by atoms with van der Waals surface area (Å²) in [6.45, 7) is 0.584. The quantitative estimate of drug-likeness (QED) is 0.743. The van der Waals surface area contributed by atoms with Gasteiger partial charge in [-0.1, -0.05) is 11.6 Å². The van der Waals surface area contributed by atoms with Crippen molar-refractivity contribution in [3.05, 3.63) is 58.6 Å². The summed E-state index contributed by atoms with van der Waals surface area (Å²) in [5, 5.41) is 9.11. The molecule has 7 heteroatoms. The van der Waals surface area contributed by atoms with Gasteiger partial charge in [-0.05, 0) is 36.4 Å². The van der Waals surface area contributed by atoms with Crippen molar-refractivity contribution >= 4 is 23.4 Å². The molecule has 1 N–H and O–H groups in total. The largest absolute Gasteiger partial charge is 0.490 e. The van der Waals surface area contributed by atoms with E-state index in [1.165, 1.54) is 11.8 Å². The average molecular weight is 387 g/mol. The second-order valence-electron chi connectivity index (χ2n) is 5.63. The first-order valence-corrected chi connectivity index (χ1v) is 9.07. The summed E-state index contributed by atoms with van der Waals surface area (Å²) in [7, 11) is 0. The highest BCUT2D eigenvalue weighted by Crippen LogP contribution is 2.49. The molecule has 1 heterocycles.